The Labute approximate surface area is 275 Å². The third-order valence-electron chi connectivity index (χ3n) is 9.92. The van der Waals surface area contributed by atoms with Crippen LogP contribution in [0.4, 0.5) is 10.5 Å². The Kier molecular flexibility index (Phi) is 6.81. The van der Waals surface area contributed by atoms with Gasteiger partial charge in [-0.1, -0.05) is 97.1 Å². The van der Waals surface area contributed by atoms with Crippen molar-refractivity contribution in [2.24, 2.45) is 0 Å². The number of hydrogen-bond donors (Lipinski definition) is 2. The lowest BCUT2D eigenvalue weighted by Gasteiger charge is -2.45. The van der Waals surface area contributed by atoms with Crippen molar-refractivity contribution in [3.63, 3.8) is 0 Å². The van der Waals surface area contributed by atoms with Crippen molar-refractivity contribution in [1.29, 1.82) is 4.78 Å². The van der Waals surface area contributed by atoms with Gasteiger partial charge in [-0.2, -0.15) is 5.10 Å². The predicted molar refractivity (Wildman–Crippen MR) is 182 cm³/mol. The van der Waals surface area contributed by atoms with Crippen LogP contribution in [0.25, 0.3) is 0 Å². The van der Waals surface area contributed by atoms with Crippen LogP contribution in [-0.4, -0.2) is 30.9 Å². The largest absolute Gasteiger partial charge is 0.474 e. The van der Waals surface area contributed by atoms with Gasteiger partial charge in [0.15, 0.2) is 9.92 Å². The monoisotopic (exact) mass is 643 g/mol. The lowest BCUT2D eigenvalue weighted by Crippen LogP contribution is -2.55. The van der Waals surface area contributed by atoms with Gasteiger partial charge in [-0.15, -0.1) is 0 Å². The molecule has 0 radical (unpaired) electrons. The highest BCUT2D eigenvalue weighted by Crippen LogP contribution is 2.48. The summed E-state index contributed by atoms with van der Waals surface area (Å²) in [6.07, 6.45) is 6.15. The van der Waals surface area contributed by atoms with Gasteiger partial charge in [0.2, 0.25) is 5.88 Å². The van der Waals surface area contributed by atoms with Crippen molar-refractivity contribution in [3.8, 4) is 5.88 Å². The Morgan fingerprint density at radius 2 is 1.43 bits per heavy atom. The number of aromatic nitrogens is 2. The fraction of sp³-hybridized carbons (Fsp3) is 0.263. The van der Waals surface area contributed by atoms with E-state index in [1.165, 1.54) is 21.6 Å². The zero-order valence-electron chi connectivity index (χ0n) is 26.5. The molecule has 2 amide bonds. The minimum absolute atomic E-state index is 0.0664. The molecule has 238 valence electrons. The number of carbonyl (C=O) groups is 1. The molecule has 4 aromatic carbocycles. The summed E-state index contributed by atoms with van der Waals surface area (Å²) in [5, 5.41) is 7.85. The molecule has 1 unspecified atom stereocenters. The summed E-state index contributed by atoms with van der Waals surface area (Å²) in [4.78, 5) is 15.5. The van der Waals surface area contributed by atoms with Gasteiger partial charge in [-0.3, -0.25) is 0 Å². The Morgan fingerprint density at radius 3 is 1.98 bits per heavy atom. The molecular weight excluding hydrogens is 607 g/mol. The number of amides is 2. The van der Waals surface area contributed by atoms with Crippen LogP contribution in [-0.2, 0) is 46.7 Å². The van der Waals surface area contributed by atoms with E-state index in [-0.39, 0.29) is 10.8 Å². The van der Waals surface area contributed by atoms with Crippen molar-refractivity contribution in [3.05, 3.63) is 142 Å². The molecule has 8 rings (SSSR count). The second-order valence-electron chi connectivity index (χ2n) is 13.3. The molecule has 0 fully saturated rings. The lowest BCUT2D eigenvalue weighted by molar-refractivity contribution is 0.217. The molecule has 3 aliphatic rings. The topological polar surface area (TPSA) is 100 Å². The molecule has 1 atom stereocenters. The van der Waals surface area contributed by atoms with Crippen LogP contribution < -0.4 is 10.1 Å². The molecule has 1 aromatic heterocycles. The normalized spacial score (nSPS) is 17.0. The quantitative estimate of drug-likeness (QED) is 0.180. The summed E-state index contributed by atoms with van der Waals surface area (Å²) in [5.41, 5.74) is 5.72. The Bertz CT molecular complexity index is 2010. The van der Waals surface area contributed by atoms with E-state index in [4.69, 9.17) is 4.74 Å². The second kappa shape index (κ2) is 10.8. The molecule has 2 N–H and O–H groups in total. The van der Waals surface area contributed by atoms with Gasteiger partial charge in [0, 0.05) is 5.69 Å². The average Bonchev–Trinajstić information content (AvgIpc) is 3.80. The number of rotatable bonds is 7. The lowest BCUT2D eigenvalue weighted by atomic mass is 9.77. The van der Waals surface area contributed by atoms with E-state index >= 15 is 9.00 Å². The number of nitrogens with one attached hydrogen (secondary N) is 2. The summed E-state index contributed by atoms with van der Waals surface area (Å²) >= 11 is 0. The molecule has 0 spiro atoms. The maximum absolute atomic E-state index is 15.7. The van der Waals surface area contributed by atoms with Crippen molar-refractivity contribution in [1.82, 2.24) is 14.1 Å². The first-order valence-electron chi connectivity index (χ1n) is 16.2. The molecule has 9 heteroatoms. The highest BCUT2D eigenvalue weighted by molar-refractivity contribution is 7.90. The summed E-state index contributed by atoms with van der Waals surface area (Å²) in [6.45, 7) is 4.27. The van der Waals surface area contributed by atoms with Crippen LogP contribution in [0, 0.1) is 4.78 Å². The highest BCUT2D eigenvalue weighted by atomic mass is 32.2. The first-order valence-corrected chi connectivity index (χ1v) is 17.7. The molecule has 1 aliphatic heterocycles. The summed E-state index contributed by atoms with van der Waals surface area (Å²) in [6, 6.07) is 30.5. The molecule has 2 heterocycles. The van der Waals surface area contributed by atoms with E-state index in [0.717, 1.165) is 48.9 Å². The fourth-order valence-corrected chi connectivity index (χ4v) is 9.33. The van der Waals surface area contributed by atoms with Gasteiger partial charge in [0.05, 0.1) is 11.7 Å². The number of benzene rings is 4. The SMILES string of the molecule is CC1(C)COc2c(S(=N)(=O)N(C(=O)Nc3c4c(cc5c3CC5)CCC4)C(c3ccccc3)(c3ccccc3)c3ccccc3)cnn21. The molecule has 5 aromatic rings. The third-order valence-corrected chi connectivity index (χ3v) is 11.8. The fourth-order valence-electron chi connectivity index (χ4n) is 7.58. The minimum Gasteiger partial charge on any atom is -0.474 e. The van der Waals surface area contributed by atoms with Crippen molar-refractivity contribution >= 4 is 21.6 Å². The van der Waals surface area contributed by atoms with Gasteiger partial charge < -0.3 is 10.1 Å². The number of fused-ring (bicyclic) bond motifs is 3. The maximum Gasteiger partial charge on any atom is 0.336 e. The van der Waals surface area contributed by atoms with Crippen LogP contribution >= 0.6 is 0 Å². The van der Waals surface area contributed by atoms with Crippen LogP contribution in [0.5, 0.6) is 5.88 Å². The zero-order chi connectivity index (χ0) is 32.4. The smallest absolute Gasteiger partial charge is 0.336 e. The van der Waals surface area contributed by atoms with Crippen LogP contribution in [0.3, 0.4) is 0 Å². The molecule has 8 nitrogen and oxygen atoms in total. The van der Waals surface area contributed by atoms with E-state index in [0.29, 0.717) is 23.3 Å². The molecule has 0 saturated heterocycles. The Balaban J connectivity index is 1.43. The van der Waals surface area contributed by atoms with Gasteiger partial charge in [-0.25, -0.2) is 22.8 Å². The van der Waals surface area contributed by atoms with E-state index in [1.807, 2.05) is 105 Å². The predicted octanol–water partition coefficient (Wildman–Crippen LogP) is 7.44. The first-order chi connectivity index (χ1) is 22.7. The van der Waals surface area contributed by atoms with Gasteiger partial charge in [-0.05, 0) is 84.9 Å². The summed E-state index contributed by atoms with van der Waals surface area (Å²) in [7, 11) is -4.16. The van der Waals surface area contributed by atoms with Crippen LogP contribution in [0.1, 0.15) is 59.2 Å². The van der Waals surface area contributed by atoms with Gasteiger partial charge in [0.1, 0.15) is 17.0 Å². The Hall–Kier alpha value is -4.89. The van der Waals surface area contributed by atoms with Crippen LogP contribution in [0.15, 0.2) is 108 Å². The minimum atomic E-state index is -4.16. The molecular formula is C38H37N5O3S. The number of hydrogen-bond acceptors (Lipinski definition) is 5. The number of urea groups is 1. The highest BCUT2D eigenvalue weighted by Gasteiger charge is 2.52. The van der Waals surface area contributed by atoms with Crippen molar-refractivity contribution in [2.45, 2.75) is 61.9 Å². The summed E-state index contributed by atoms with van der Waals surface area (Å²) in [5.74, 6) is 0.251. The number of anilines is 1. The summed E-state index contributed by atoms with van der Waals surface area (Å²) < 4.78 is 34.7. The first kappa shape index (κ1) is 29.5. The third kappa shape index (κ3) is 4.43. The second-order valence-corrected chi connectivity index (χ2v) is 15.1. The number of aryl methyl sites for hydroxylation is 2. The number of nitrogens with zero attached hydrogens (tertiary/aromatic N) is 3. The molecule has 47 heavy (non-hydrogen) atoms. The average molecular weight is 644 g/mol. The van der Waals surface area contributed by atoms with E-state index in [2.05, 4.69) is 16.5 Å². The van der Waals surface area contributed by atoms with E-state index in [1.54, 1.807) is 4.68 Å². The maximum atomic E-state index is 15.7. The molecule has 2 aliphatic carbocycles. The standard InChI is InChI=1S/C38H37N5O3S/c1-37(2)25-46-35-33(24-40-42(35)37)47(39,45)43(36(44)41-34-31-20-12-13-26(31)23-27-21-22-32(27)34)38(28-14-6-3-7-15-28,29-16-8-4-9-17-29)30-18-10-5-11-19-30/h3-11,14-19,23-24,39H,12-13,20-22,25H2,1-2H3,(H,41,44). The van der Waals surface area contributed by atoms with Crippen molar-refractivity contribution in [2.75, 3.05) is 11.9 Å². The number of ether oxygens (including phenoxy) is 1. The van der Waals surface area contributed by atoms with Gasteiger partial charge in [0.25, 0.3) is 0 Å². The molecule has 0 bridgehead atoms. The Morgan fingerprint density at radius 1 is 0.872 bits per heavy atom. The number of carbonyl (C=O) groups excluding carboxylic acids is 1. The van der Waals surface area contributed by atoms with E-state index in [9.17, 15) is 4.78 Å². The molecule has 0 saturated carbocycles. The van der Waals surface area contributed by atoms with Gasteiger partial charge >= 0.3 is 6.03 Å². The zero-order valence-corrected chi connectivity index (χ0v) is 27.3. The van der Waals surface area contributed by atoms with Crippen LogP contribution in [0.2, 0.25) is 0 Å². The van der Waals surface area contributed by atoms with Crippen molar-refractivity contribution < 1.29 is 13.7 Å². The van der Waals surface area contributed by atoms with E-state index < -0.39 is 27.0 Å².